The highest BCUT2D eigenvalue weighted by Gasteiger charge is 2.12. The van der Waals surface area contributed by atoms with Gasteiger partial charge in [-0.25, -0.2) is 0 Å². The molecule has 0 saturated heterocycles. The summed E-state index contributed by atoms with van der Waals surface area (Å²) in [6, 6.07) is 6.14. The van der Waals surface area contributed by atoms with E-state index in [2.05, 4.69) is 31.3 Å². The molecule has 0 fully saturated rings. The largest absolute Gasteiger partial charge is 0.483 e. The van der Waals surface area contributed by atoms with Gasteiger partial charge in [-0.2, -0.15) is 0 Å². The van der Waals surface area contributed by atoms with E-state index < -0.39 is 0 Å². The van der Waals surface area contributed by atoms with Crippen LogP contribution in [-0.4, -0.2) is 44.6 Å². The van der Waals surface area contributed by atoms with E-state index in [0.717, 1.165) is 23.4 Å². The fourth-order valence-corrected chi connectivity index (χ4v) is 1.90. The number of nitrogens with zero attached hydrogens (tertiary/aromatic N) is 1. The molecule has 0 heterocycles. The first-order valence-electron chi connectivity index (χ1n) is 7.07. The van der Waals surface area contributed by atoms with Crippen LogP contribution in [0.2, 0.25) is 0 Å². The quantitative estimate of drug-likeness (QED) is 0.841. The summed E-state index contributed by atoms with van der Waals surface area (Å²) < 4.78 is 5.73. The molecule has 0 atom stereocenters. The molecule has 1 amide bonds. The van der Waals surface area contributed by atoms with Crippen molar-refractivity contribution in [1.82, 2.24) is 10.2 Å². The Labute approximate surface area is 134 Å². The zero-order chi connectivity index (χ0) is 15.1. The first kappa shape index (κ1) is 19.7. The zero-order valence-corrected chi connectivity index (χ0v) is 14.4. The topological polar surface area (TPSA) is 41.6 Å². The van der Waals surface area contributed by atoms with E-state index >= 15 is 0 Å². The number of hydrogen-bond acceptors (Lipinski definition) is 3. The van der Waals surface area contributed by atoms with Crippen molar-refractivity contribution in [3.8, 4) is 5.75 Å². The fraction of sp³-hybridized carbons (Fsp3) is 0.562. The fourth-order valence-electron chi connectivity index (χ4n) is 1.90. The molecule has 0 bridgehead atoms. The van der Waals surface area contributed by atoms with Gasteiger partial charge in [0.15, 0.2) is 6.61 Å². The Hall–Kier alpha value is -1.26. The lowest BCUT2D eigenvalue weighted by molar-refractivity contribution is -0.132. The Morgan fingerprint density at radius 3 is 2.62 bits per heavy atom. The summed E-state index contributed by atoms with van der Waals surface area (Å²) >= 11 is 0. The second kappa shape index (κ2) is 9.64. The van der Waals surface area contributed by atoms with Crippen molar-refractivity contribution in [2.45, 2.75) is 26.7 Å². The third kappa shape index (κ3) is 6.36. The van der Waals surface area contributed by atoms with Crippen molar-refractivity contribution in [3.63, 3.8) is 0 Å². The van der Waals surface area contributed by atoms with Gasteiger partial charge in [0.25, 0.3) is 5.91 Å². The molecule has 4 nitrogen and oxygen atoms in total. The number of benzene rings is 1. The standard InChI is InChI=1S/C16H26N2O2.ClH/c1-12(2)14-7-6-13(3)10-15(14)20-11-16(19)18(5)9-8-17-4;/h6-7,10,12,17H,8-9,11H2,1-5H3;1H. The molecule has 0 saturated carbocycles. The highest BCUT2D eigenvalue weighted by molar-refractivity contribution is 5.85. The lowest BCUT2D eigenvalue weighted by atomic mass is 10.0. The number of likely N-dealkylation sites (N-methyl/N-ethyl adjacent to an activating group) is 2. The zero-order valence-electron chi connectivity index (χ0n) is 13.6. The average molecular weight is 315 g/mol. The molecule has 120 valence electrons. The van der Waals surface area contributed by atoms with Crippen molar-refractivity contribution in [2.24, 2.45) is 0 Å². The SMILES string of the molecule is CNCCN(C)C(=O)COc1cc(C)ccc1C(C)C.Cl. The highest BCUT2D eigenvalue weighted by Crippen LogP contribution is 2.27. The summed E-state index contributed by atoms with van der Waals surface area (Å²) in [7, 11) is 3.67. The Morgan fingerprint density at radius 1 is 1.38 bits per heavy atom. The predicted octanol–water partition coefficient (Wildman–Crippen LogP) is 2.60. The Balaban J connectivity index is 0.00000400. The molecule has 21 heavy (non-hydrogen) atoms. The number of amides is 1. The number of ether oxygens (including phenoxy) is 1. The molecule has 0 aliphatic heterocycles. The third-order valence-corrected chi connectivity index (χ3v) is 3.27. The number of rotatable bonds is 7. The van der Waals surface area contributed by atoms with Crippen LogP contribution in [0.3, 0.4) is 0 Å². The molecule has 0 aromatic heterocycles. The highest BCUT2D eigenvalue weighted by atomic mass is 35.5. The molecular formula is C16H27ClN2O2. The van der Waals surface area contributed by atoms with Gasteiger partial charge >= 0.3 is 0 Å². The summed E-state index contributed by atoms with van der Waals surface area (Å²) in [6.07, 6.45) is 0. The normalized spacial score (nSPS) is 10.2. The van der Waals surface area contributed by atoms with Crippen LogP contribution >= 0.6 is 12.4 Å². The average Bonchev–Trinajstić information content (AvgIpc) is 2.41. The van der Waals surface area contributed by atoms with Gasteiger partial charge in [-0.05, 0) is 37.1 Å². The minimum atomic E-state index is -0.00328. The van der Waals surface area contributed by atoms with Crippen molar-refractivity contribution >= 4 is 18.3 Å². The number of carbonyl (C=O) groups excluding carboxylic acids is 1. The maximum atomic E-state index is 12.0. The number of aryl methyl sites for hydroxylation is 1. The van der Waals surface area contributed by atoms with Crippen LogP contribution in [0.4, 0.5) is 0 Å². The van der Waals surface area contributed by atoms with Gasteiger partial charge in [-0.1, -0.05) is 26.0 Å². The number of hydrogen-bond donors (Lipinski definition) is 1. The monoisotopic (exact) mass is 314 g/mol. The Morgan fingerprint density at radius 2 is 2.05 bits per heavy atom. The molecule has 1 aromatic carbocycles. The minimum absolute atomic E-state index is 0. The molecule has 0 aliphatic rings. The van der Waals surface area contributed by atoms with Gasteiger partial charge in [-0.15, -0.1) is 12.4 Å². The lowest BCUT2D eigenvalue weighted by Crippen LogP contribution is -2.36. The van der Waals surface area contributed by atoms with Gasteiger partial charge < -0.3 is 15.0 Å². The van der Waals surface area contributed by atoms with E-state index in [4.69, 9.17) is 4.74 Å². The number of halogens is 1. The summed E-state index contributed by atoms with van der Waals surface area (Å²) in [5.41, 5.74) is 2.28. The van der Waals surface area contributed by atoms with Crippen molar-refractivity contribution in [1.29, 1.82) is 0 Å². The second-order valence-corrected chi connectivity index (χ2v) is 5.40. The van der Waals surface area contributed by atoms with Crippen LogP contribution in [0.1, 0.15) is 30.9 Å². The second-order valence-electron chi connectivity index (χ2n) is 5.40. The van der Waals surface area contributed by atoms with Gasteiger partial charge in [-0.3, -0.25) is 4.79 Å². The molecule has 0 aliphatic carbocycles. The van der Waals surface area contributed by atoms with Gasteiger partial charge in [0.2, 0.25) is 0 Å². The van der Waals surface area contributed by atoms with Crippen LogP contribution in [-0.2, 0) is 4.79 Å². The van der Waals surface area contributed by atoms with Crippen LogP contribution in [0.15, 0.2) is 18.2 Å². The van der Waals surface area contributed by atoms with Crippen molar-refractivity contribution < 1.29 is 9.53 Å². The van der Waals surface area contributed by atoms with Gasteiger partial charge in [0.1, 0.15) is 5.75 Å². The summed E-state index contributed by atoms with van der Waals surface area (Å²) in [5, 5.41) is 3.02. The Kier molecular flexibility index (Phi) is 9.06. The molecular weight excluding hydrogens is 288 g/mol. The van der Waals surface area contributed by atoms with Gasteiger partial charge in [0.05, 0.1) is 0 Å². The first-order chi connectivity index (χ1) is 9.45. The molecule has 5 heteroatoms. The molecule has 0 spiro atoms. The maximum Gasteiger partial charge on any atom is 0.260 e. The number of carbonyl (C=O) groups is 1. The number of nitrogens with one attached hydrogen (secondary N) is 1. The third-order valence-electron chi connectivity index (χ3n) is 3.27. The Bertz CT molecular complexity index is 450. The lowest BCUT2D eigenvalue weighted by Gasteiger charge is -2.19. The van der Waals surface area contributed by atoms with E-state index in [1.165, 1.54) is 0 Å². The predicted molar refractivity (Wildman–Crippen MR) is 89.6 cm³/mol. The summed E-state index contributed by atoms with van der Waals surface area (Å²) in [6.45, 7) is 7.82. The van der Waals surface area contributed by atoms with E-state index in [-0.39, 0.29) is 24.9 Å². The minimum Gasteiger partial charge on any atom is -0.483 e. The molecule has 0 unspecified atom stereocenters. The maximum absolute atomic E-state index is 12.0. The first-order valence-corrected chi connectivity index (χ1v) is 7.07. The van der Waals surface area contributed by atoms with Crippen LogP contribution in [0, 0.1) is 6.92 Å². The summed E-state index contributed by atoms with van der Waals surface area (Å²) in [5.74, 6) is 1.19. The van der Waals surface area contributed by atoms with Crippen molar-refractivity contribution in [3.05, 3.63) is 29.3 Å². The summed E-state index contributed by atoms with van der Waals surface area (Å²) in [4.78, 5) is 13.6. The van der Waals surface area contributed by atoms with E-state index in [0.29, 0.717) is 12.5 Å². The van der Waals surface area contributed by atoms with E-state index in [1.807, 2.05) is 20.0 Å². The smallest absolute Gasteiger partial charge is 0.260 e. The van der Waals surface area contributed by atoms with E-state index in [9.17, 15) is 4.79 Å². The van der Waals surface area contributed by atoms with Crippen LogP contribution in [0.5, 0.6) is 5.75 Å². The van der Waals surface area contributed by atoms with Crippen LogP contribution < -0.4 is 10.1 Å². The van der Waals surface area contributed by atoms with Gasteiger partial charge in [0, 0.05) is 20.1 Å². The van der Waals surface area contributed by atoms with Crippen LogP contribution in [0.25, 0.3) is 0 Å². The van der Waals surface area contributed by atoms with Crippen molar-refractivity contribution in [2.75, 3.05) is 33.8 Å². The molecule has 1 aromatic rings. The van der Waals surface area contributed by atoms with E-state index in [1.54, 1.807) is 11.9 Å². The molecule has 1 rings (SSSR count). The molecule has 0 radical (unpaired) electrons. The molecule has 1 N–H and O–H groups in total.